The molecule has 0 atom stereocenters. The number of carbonyl (C=O) groups excluding carboxylic acids is 1. The summed E-state index contributed by atoms with van der Waals surface area (Å²) in [4.78, 5) is 20.7. The average Bonchev–Trinajstić information content (AvgIpc) is 2.53. The fraction of sp³-hybridized carbons (Fsp3) is 0.0588. The van der Waals surface area contributed by atoms with Crippen molar-refractivity contribution in [3.05, 3.63) is 78.0 Å². The van der Waals surface area contributed by atoms with E-state index in [1.807, 2.05) is 37.3 Å². The summed E-state index contributed by atoms with van der Waals surface area (Å²) >= 11 is 0. The Morgan fingerprint density at radius 2 is 1.81 bits per heavy atom. The topological polar surface area (TPSA) is 50.7 Å². The quantitative estimate of drug-likeness (QED) is 0.673. The Kier molecular flexibility index (Phi) is 5.29. The van der Waals surface area contributed by atoms with Crippen molar-refractivity contribution < 1.29 is 9.63 Å². The number of hydrogen-bond acceptors (Lipinski definition) is 4. The third-order valence-corrected chi connectivity index (χ3v) is 2.67. The summed E-state index contributed by atoms with van der Waals surface area (Å²) in [6.07, 6.45) is 4.77. The molecule has 0 saturated heterocycles. The number of rotatable bonds is 5. The molecular formula is C17H16N2O2. The summed E-state index contributed by atoms with van der Waals surface area (Å²) in [7, 11) is 0. The van der Waals surface area contributed by atoms with Gasteiger partial charge in [-0.05, 0) is 37.3 Å². The number of hydrogen-bond donors (Lipinski definition) is 1. The van der Waals surface area contributed by atoms with Crippen LogP contribution in [0.2, 0.25) is 0 Å². The molecule has 0 amide bonds. The fourth-order valence-corrected chi connectivity index (χ4v) is 1.56. The van der Waals surface area contributed by atoms with E-state index in [1.54, 1.807) is 36.6 Å². The molecule has 0 aliphatic rings. The van der Waals surface area contributed by atoms with Gasteiger partial charge in [0.2, 0.25) is 0 Å². The molecule has 0 aliphatic carbocycles. The Morgan fingerprint density at radius 1 is 1.10 bits per heavy atom. The first kappa shape index (κ1) is 14.5. The van der Waals surface area contributed by atoms with E-state index in [9.17, 15) is 4.79 Å². The van der Waals surface area contributed by atoms with Crippen molar-refractivity contribution in [2.75, 3.05) is 0 Å². The highest BCUT2D eigenvalue weighted by Crippen LogP contribution is 2.11. The molecule has 0 spiro atoms. The van der Waals surface area contributed by atoms with Crippen LogP contribution in [0.1, 0.15) is 15.9 Å². The zero-order valence-electron chi connectivity index (χ0n) is 11.7. The predicted octanol–water partition coefficient (Wildman–Crippen LogP) is 3.57. The second-order valence-electron chi connectivity index (χ2n) is 4.35. The Bertz CT molecular complexity index is 632. The van der Waals surface area contributed by atoms with Crippen LogP contribution in [-0.4, -0.2) is 12.2 Å². The van der Waals surface area contributed by atoms with Gasteiger partial charge >= 0.3 is 5.97 Å². The summed E-state index contributed by atoms with van der Waals surface area (Å²) in [5.41, 5.74) is 5.01. The van der Waals surface area contributed by atoms with Gasteiger partial charge in [-0.3, -0.25) is 4.99 Å². The molecule has 2 aromatic carbocycles. The number of aliphatic imine (C=N–C) groups is 1. The molecule has 0 aliphatic heterocycles. The third kappa shape index (κ3) is 4.95. The normalized spacial score (nSPS) is 10.9. The minimum absolute atomic E-state index is 0.435. The van der Waals surface area contributed by atoms with Crippen molar-refractivity contribution in [2.45, 2.75) is 6.92 Å². The van der Waals surface area contributed by atoms with E-state index in [0.29, 0.717) is 5.56 Å². The molecule has 0 saturated carbocycles. The summed E-state index contributed by atoms with van der Waals surface area (Å²) in [5.74, 6) is -0.435. The lowest BCUT2D eigenvalue weighted by atomic mass is 10.2. The van der Waals surface area contributed by atoms with E-state index in [0.717, 1.165) is 5.69 Å². The lowest BCUT2D eigenvalue weighted by Crippen LogP contribution is -2.14. The van der Waals surface area contributed by atoms with Crippen molar-refractivity contribution in [3.63, 3.8) is 0 Å². The lowest BCUT2D eigenvalue weighted by molar-refractivity contribution is 0.0349. The average molecular weight is 280 g/mol. The van der Waals surface area contributed by atoms with Crippen LogP contribution in [0.15, 0.2) is 71.9 Å². The van der Waals surface area contributed by atoms with Gasteiger partial charge in [-0.25, -0.2) is 10.3 Å². The Balaban J connectivity index is 1.76. The van der Waals surface area contributed by atoms with Gasteiger partial charge in [-0.1, -0.05) is 35.9 Å². The van der Waals surface area contributed by atoms with Gasteiger partial charge in [0.05, 0.1) is 11.3 Å². The van der Waals surface area contributed by atoms with Gasteiger partial charge in [0, 0.05) is 12.4 Å². The Hall–Kier alpha value is -2.88. The van der Waals surface area contributed by atoms with E-state index < -0.39 is 5.97 Å². The lowest BCUT2D eigenvalue weighted by Gasteiger charge is -2.01. The van der Waals surface area contributed by atoms with Crippen molar-refractivity contribution in [1.29, 1.82) is 0 Å². The molecule has 2 aromatic rings. The second kappa shape index (κ2) is 7.65. The van der Waals surface area contributed by atoms with Crippen LogP contribution in [0.5, 0.6) is 0 Å². The molecule has 106 valence electrons. The van der Waals surface area contributed by atoms with Crippen LogP contribution in [0, 0.1) is 6.92 Å². The maximum Gasteiger partial charge on any atom is 0.362 e. The molecule has 0 fully saturated rings. The molecule has 0 aromatic heterocycles. The number of nitrogens with one attached hydrogen (secondary N) is 1. The zero-order valence-corrected chi connectivity index (χ0v) is 11.7. The minimum atomic E-state index is -0.435. The summed E-state index contributed by atoms with van der Waals surface area (Å²) < 4.78 is 0. The molecule has 0 unspecified atom stereocenters. The molecule has 0 bridgehead atoms. The van der Waals surface area contributed by atoms with Crippen LogP contribution in [0.4, 0.5) is 5.69 Å². The first-order chi connectivity index (χ1) is 10.3. The molecule has 2 rings (SSSR count). The number of allylic oxidation sites excluding steroid dienone is 1. The first-order valence-electron chi connectivity index (χ1n) is 6.53. The van der Waals surface area contributed by atoms with Gasteiger partial charge < -0.3 is 4.84 Å². The van der Waals surface area contributed by atoms with Crippen molar-refractivity contribution in [2.24, 2.45) is 4.99 Å². The standard InChI is InChI=1S/C17H16N2O2/c1-14-8-10-16(11-9-14)18-12-5-13-19-21-17(20)15-6-3-2-4-7-15/h2-13,19H,1H3/b13-5+,18-12?. The van der Waals surface area contributed by atoms with Crippen molar-refractivity contribution in [1.82, 2.24) is 5.48 Å². The van der Waals surface area contributed by atoms with Gasteiger partial charge in [-0.15, -0.1) is 0 Å². The van der Waals surface area contributed by atoms with E-state index in [4.69, 9.17) is 4.84 Å². The van der Waals surface area contributed by atoms with Gasteiger partial charge in [-0.2, -0.15) is 0 Å². The van der Waals surface area contributed by atoms with E-state index in [2.05, 4.69) is 10.5 Å². The van der Waals surface area contributed by atoms with Gasteiger partial charge in [0.1, 0.15) is 0 Å². The summed E-state index contributed by atoms with van der Waals surface area (Å²) in [6.45, 7) is 2.03. The van der Waals surface area contributed by atoms with Crippen LogP contribution >= 0.6 is 0 Å². The number of hydroxylamine groups is 1. The van der Waals surface area contributed by atoms with E-state index in [-0.39, 0.29) is 0 Å². The highest BCUT2D eigenvalue weighted by Gasteiger charge is 2.03. The number of carbonyl (C=O) groups is 1. The van der Waals surface area contributed by atoms with Gasteiger partial charge in [0.15, 0.2) is 0 Å². The second-order valence-corrected chi connectivity index (χ2v) is 4.35. The number of nitrogens with zero attached hydrogens (tertiary/aromatic N) is 1. The first-order valence-corrected chi connectivity index (χ1v) is 6.53. The minimum Gasteiger partial charge on any atom is -0.339 e. The summed E-state index contributed by atoms with van der Waals surface area (Å²) in [5, 5.41) is 0. The van der Waals surface area contributed by atoms with Crippen LogP contribution < -0.4 is 5.48 Å². The molecule has 4 nitrogen and oxygen atoms in total. The zero-order chi connectivity index (χ0) is 14.9. The van der Waals surface area contributed by atoms with E-state index in [1.165, 1.54) is 11.8 Å². The number of benzene rings is 2. The maximum atomic E-state index is 11.6. The molecule has 21 heavy (non-hydrogen) atoms. The summed E-state index contributed by atoms with van der Waals surface area (Å²) in [6, 6.07) is 16.6. The third-order valence-electron chi connectivity index (χ3n) is 2.67. The molecule has 0 radical (unpaired) electrons. The Labute approximate surface area is 123 Å². The predicted molar refractivity (Wildman–Crippen MR) is 83.5 cm³/mol. The van der Waals surface area contributed by atoms with Crippen molar-refractivity contribution in [3.8, 4) is 0 Å². The molecular weight excluding hydrogens is 264 g/mol. The van der Waals surface area contributed by atoms with E-state index >= 15 is 0 Å². The number of aryl methyl sites for hydroxylation is 1. The highest BCUT2D eigenvalue weighted by molar-refractivity contribution is 5.89. The van der Waals surface area contributed by atoms with Crippen molar-refractivity contribution >= 4 is 17.9 Å². The molecule has 0 heterocycles. The molecule has 4 heteroatoms. The SMILES string of the molecule is Cc1ccc(N=C/C=C/NOC(=O)c2ccccc2)cc1. The highest BCUT2D eigenvalue weighted by atomic mass is 16.7. The smallest absolute Gasteiger partial charge is 0.339 e. The monoisotopic (exact) mass is 280 g/mol. The van der Waals surface area contributed by atoms with Crippen LogP contribution in [0.25, 0.3) is 0 Å². The van der Waals surface area contributed by atoms with Gasteiger partial charge in [0.25, 0.3) is 0 Å². The molecule has 1 N–H and O–H groups in total. The maximum absolute atomic E-state index is 11.6. The fourth-order valence-electron chi connectivity index (χ4n) is 1.56. The Morgan fingerprint density at radius 3 is 2.52 bits per heavy atom. The van der Waals surface area contributed by atoms with Crippen LogP contribution in [-0.2, 0) is 4.84 Å². The largest absolute Gasteiger partial charge is 0.362 e. The van der Waals surface area contributed by atoms with Crippen LogP contribution in [0.3, 0.4) is 0 Å².